The van der Waals surface area contributed by atoms with Crippen molar-refractivity contribution in [2.75, 3.05) is 0 Å². The molecule has 0 heterocycles. The molecule has 3 heteroatoms. The molecule has 28 heavy (non-hydrogen) atoms. The molecule has 1 atom stereocenters. The predicted molar refractivity (Wildman–Crippen MR) is 119 cm³/mol. The number of allylic oxidation sites excluding steroid dienone is 4. The Kier molecular flexibility index (Phi) is 8.08. The Labute approximate surface area is 198 Å². The van der Waals surface area contributed by atoms with Crippen molar-refractivity contribution in [1.29, 1.82) is 0 Å². The first-order valence-corrected chi connectivity index (χ1v) is 9.02. The number of hydrogen-bond donors (Lipinski definition) is 0. The van der Waals surface area contributed by atoms with Gasteiger partial charge >= 0.3 is 0 Å². The first-order valence-electron chi connectivity index (χ1n) is 9.02. The Morgan fingerprint density at radius 3 is 2.18 bits per heavy atom. The molecule has 0 amide bonds. The molecule has 140 valence electrons. The Morgan fingerprint density at radius 2 is 1.43 bits per heavy atom. The van der Waals surface area contributed by atoms with Gasteiger partial charge in [-0.3, -0.25) is 0 Å². The summed E-state index contributed by atoms with van der Waals surface area (Å²) in [6.45, 7) is 0. The largest absolute Gasteiger partial charge is 0.147 e. The minimum atomic E-state index is 0. The van der Waals surface area contributed by atoms with Gasteiger partial charge in [0, 0.05) is 32.1 Å². The van der Waals surface area contributed by atoms with Crippen molar-refractivity contribution in [1.82, 2.24) is 0 Å². The van der Waals surface area contributed by atoms with Gasteiger partial charge in [-0.05, 0) is 46.2 Å². The minimum absolute atomic E-state index is 0. The van der Waals surface area contributed by atoms with Crippen LogP contribution in [-0.4, -0.2) is 0 Å². The summed E-state index contributed by atoms with van der Waals surface area (Å²) in [7, 11) is 0. The van der Waals surface area contributed by atoms with E-state index in [-0.39, 0.29) is 51.0 Å². The zero-order chi connectivity index (χ0) is 16.6. The van der Waals surface area contributed by atoms with Gasteiger partial charge in [0.1, 0.15) is 0 Å². The topological polar surface area (TPSA) is 0 Å². The van der Waals surface area contributed by atoms with Crippen LogP contribution < -0.4 is 0 Å². The monoisotopic (exact) mass is 482 g/mol. The molecule has 2 aliphatic carbocycles. The molecule has 1 unspecified atom stereocenters. The Morgan fingerprint density at radius 1 is 0.714 bits per heavy atom. The number of rotatable bonds is 3. The van der Waals surface area contributed by atoms with E-state index in [0.29, 0.717) is 5.92 Å². The van der Waals surface area contributed by atoms with Gasteiger partial charge in [0.15, 0.2) is 0 Å². The third-order valence-electron chi connectivity index (χ3n) is 5.50. The fraction of sp³-hybridized carbons (Fsp3) is 0.120. The molecule has 0 fully saturated rings. The van der Waals surface area contributed by atoms with Crippen LogP contribution in [0, 0.1) is 0 Å². The molecule has 3 aromatic rings. The Balaban J connectivity index is 0.000000934. The van der Waals surface area contributed by atoms with Crippen LogP contribution in [0.4, 0.5) is 0 Å². The molecule has 0 saturated heterocycles. The van der Waals surface area contributed by atoms with Crippen LogP contribution in [0.2, 0.25) is 0 Å². The van der Waals surface area contributed by atoms with Crippen molar-refractivity contribution in [3.63, 3.8) is 0 Å². The van der Waals surface area contributed by atoms with E-state index in [9.17, 15) is 0 Å². The molecule has 0 aromatic heterocycles. The van der Waals surface area contributed by atoms with E-state index in [1.165, 1.54) is 39.0 Å². The standard InChI is InChI=1S/C25H20.2ClH.Zr/c1-2-9-18(10-3-1)25(19-11-4-5-12-19)23-16-8-15-22-21-14-7-6-13-20(21)17-24(22)23;;;/h1-11,13-16,25H,12,17H2;2*1H;. The second kappa shape index (κ2) is 9.88. The van der Waals surface area contributed by atoms with Crippen LogP contribution in [0.5, 0.6) is 0 Å². The Bertz CT molecular complexity index is 1010. The molecule has 0 bridgehead atoms. The molecule has 3 aromatic carbocycles. The van der Waals surface area contributed by atoms with Crippen LogP contribution >= 0.6 is 24.8 Å². The first-order chi connectivity index (χ1) is 12.4. The third kappa shape index (κ3) is 3.99. The van der Waals surface area contributed by atoms with Crippen LogP contribution in [0.3, 0.4) is 0 Å². The zero-order valence-corrected chi connectivity index (χ0v) is 19.6. The molecule has 0 spiro atoms. The van der Waals surface area contributed by atoms with Crippen molar-refractivity contribution in [2.24, 2.45) is 0 Å². The molecule has 0 N–H and O–H groups in total. The van der Waals surface area contributed by atoms with E-state index in [1.807, 2.05) is 0 Å². The second-order valence-electron chi connectivity index (χ2n) is 6.92. The van der Waals surface area contributed by atoms with Crippen molar-refractivity contribution < 1.29 is 26.2 Å². The summed E-state index contributed by atoms with van der Waals surface area (Å²) in [5.41, 5.74) is 10.1. The Hall–Kier alpha value is -1.40. The van der Waals surface area contributed by atoms with E-state index in [1.54, 1.807) is 0 Å². The molecular weight excluding hydrogens is 462 g/mol. The van der Waals surface area contributed by atoms with Crippen molar-refractivity contribution in [2.45, 2.75) is 18.8 Å². The molecular formula is C25H22Cl2Zr. The molecule has 0 radical (unpaired) electrons. The number of fused-ring (bicyclic) bond motifs is 3. The SMILES string of the molecule is C1=CCC(C(c2ccccc2)c2cccc3c2Cc2ccccc2-3)=C1.Cl.Cl.[Zr]. The summed E-state index contributed by atoms with van der Waals surface area (Å²) in [5.74, 6) is 0.348. The molecule has 5 rings (SSSR count). The predicted octanol–water partition coefficient (Wildman–Crippen LogP) is 7.12. The summed E-state index contributed by atoms with van der Waals surface area (Å²) in [4.78, 5) is 0. The quantitative estimate of drug-likeness (QED) is 0.291. The van der Waals surface area contributed by atoms with E-state index in [4.69, 9.17) is 0 Å². The van der Waals surface area contributed by atoms with Crippen LogP contribution in [0.15, 0.2) is 96.6 Å². The maximum atomic E-state index is 2.33. The number of halogens is 2. The zero-order valence-electron chi connectivity index (χ0n) is 15.5. The maximum Gasteiger partial charge on any atom is 0.0308 e. The van der Waals surface area contributed by atoms with Gasteiger partial charge in [0.2, 0.25) is 0 Å². The van der Waals surface area contributed by atoms with Gasteiger partial charge in [0.25, 0.3) is 0 Å². The van der Waals surface area contributed by atoms with Crippen LogP contribution in [0.1, 0.15) is 34.6 Å². The van der Waals surface area contributed by atoms with Gasteiger partial charge in [-0.25, -0.2) is 0 Å². The molecule has 0 saturated carbocycles. The van der Waals surface area contributed by atoms with Gasteiger partial charge in [-0.2, -0.15) is 0 Å². The van der Waals surface area contributed by atoms with Crippen LogP contribution in [0.25, 0.3) is 11.1 Å². The summed E-state index contributed by atoms with van der Waals surface area (Å²) in [6, 6.07) is 26.6. The van der Waals surface area contributed by atoms with Crippen LogP contribution in [-0.2, 0) is 32.6 Å². The fourth-order valence-electron chi connectivity index (χ4n) is 4.37. The summed E-state index contributed by atoms with van der Waals surface area (Å²) < 4.78 is 0. The molecule has 0 aliphatic heterocycles. The second-order valence-corrected chi connectivity index (χ2v) is 6.92. The smallest absolute Gasteiger partial charge is 0.0308 e. The molecule has 0 nitrogen and oxygen atoms in total. The number of benzene rings is 3. The number of hydrogen-bond acceptors (Lipinski definition) is 0. The third-order valence-corrected chi connectivity index (χ3v) is 5.50. The minimum Gasteiger partial charge on any atom is -0.147 e. The fourth-order valence-corrected chi connectivity index (χ4v) is 4.37. The summed E-state index contributed by atoms with van der Waals surface area (Å²) in [6.07, 6.45) is 8.87. The van der Waals surface area contributed by atoms with E-state index >= 15 is 0 Å². The van der Waals surface area contributed by atoms with Gasteiger partial charge in [-0.15, -0.1) is 24.8 Å². The summed E-state index contributed by atoms with van der Waals surface area (Å²) in [5, 5.41) is 0. The summed E-state index contributed by atoms with van der Waals surface area (Å²) >= 11 is 0. The van der Waals surface area contributed by atoms with Crippen molar-refractivity contribution in [3.05, 3.63) is 119 Å². The van der Waals surface area contributed by atoms with E-state index < -0.39 is 0 Å². The maximum absolute atomic E-state index is 2.33. The van der Waals surface area contributed by atoms with Crippen molar-refractivity contribution >= 4 is 24.8 Å². The van der Waals surface area contributed by atoms with Crippen molar-refractivity contribution in [3.8, 4) is 11.1 Å². The van der Waals surface area contributed by atoms with Gasteiger partial charge in [0.05, 0.1) is 0 Å². The average molecular weight is 485 g/mol. The van der Waals surface area contributed by atoms with Gasteiger partial charge < -0.3 is 0 Å². The van der Waals surface area contributed by atoms with E-state index in [0.717, 1.165) is 12.8 Å². The average Bonchev–Trinajstić information content (AvgIpc) is 3.31. The van der Waals surface area contributed by atoms with Gasteiger partial charge in [-0.1, -0.05) is 96.6 Å². The normalized spacial score (nSPS) is 13.9. The first kappa shape index (κ1) is 22.9. The van der Waals surface area contributed by atoms with E-state index in [2.05, 4.69) is 91.0 Å². The molecule has 2 aliphatic rings.